The lowest BCUT2D eigenvalue weighted by Gasteiger charge is -2.09. The Balaban J connectivity index is 1.68. The van der Waals surface area contributed by atoms with Crippen molar-refractivity contribution in [1.29, 1.82) is 0 Å². The summed E-state index contributed by atoms with van der Waals surface area (Å²) in [5, 5.41) is 12.3. The van der Waals surface area contributed by atoms with Crippen molar-refractivity contribution in [3.63, 3.8) is 0 Å². The predicted molar refractivity (Wildman–Crippen MR) is 91.7 cm³/mol. The molecule has 0 saturated heterocycles. The third-order valence-corrected chi connectivity index (χ3v) is 3.69. The molecule has 2 amide bonds. The van der Waals surface area contributed by atoms with Gasteiger partial charge in [-0.3, -0.25) is 0 Å². The number of hydrogen-bond donors (Lipinski definition) is 4. The van der Waals surface area contributed by atoms with Gasteiger partial charge in [0.15, 0.2) is 0 Å². The number of fused-ring (bicyclic) bond motifs is 1. The van der Waals surface area contributed by atoms with Crippen LogP contribution in [0.1, 0.15) is 5.56 Å². The molecule has 0 spiro atoms. The number of hydrogen-bond acceptors (Lipinski definition) is 3. The number of halogens is 1. The fourth-order valence-electron chi connectivity index (χ4n) is 2.15. The van der Waals surface area contributed by atoms with Crippen LogP contribution >= 0.6 is 11.6 Å². The Hall–Kier alpha value is -2.66. The topological polar surface area (TPSA) is 65.2 Å². The van der Waals surface area contributed by atoms with E-state index in [1.165, 1.54) is 0 Å². The lowest BCUT2D eigenvalue weighted by Crippen LogP contribution is -2.19. The zero-order valence-electron chi connectivity index (χ0n) is 12.0. The van der Waals surface area contributed by atoms with Gasteiger partial charge in [0.05, 0.1) is 11.4 Å². The standard InChI is InChI=1S/C16H15ClN4O/c1-9-3-4-11(7-13(9)17)20-16(22)21-12-5-6-14-15(8-12)19-10(2)18-14/h3-8,18-19H,2H2,1H3,(H2,20,21,22). The second-order valence-corrected chi connectivity index (χ2v) is 5.44. The molecule has 0 aliphatic carbocycles. The highest BCUT2D eigenvalue weighted by atomic mass is 35.5. The summed E-state index contributed by atoms with van der Waals surface area (Å²) in [6.07, 6.45) is 0. The Labute approximate surface area is 133 Å². The SMILES string of the molecule is C=C1Nc2ccc(NC(=O)Nc3ccc(C)c(Cl)c3)cc2N1. The molecule has 0 atom stereocenters. The van der Waals surface area contributed by atoms with Crippen molar-refractivity contribution in [2.75, 3.05) is 21.3 Å². The third-order valence-electron chi connectivity index (χ3n) is 3.28. The molecule has 0 saturated carbocycles. The fourth-order valence-corrected chi connectivity index (χ4v) is 2.34. The van der Waals surface area contributed by atoms with Crippen LogP contribution in [0.4, 0.5) is 27.5 Å². The van der Waals surface area contributed by atoms with Gasteiger partial charge in [-0.15, -0.1) is 0 Å². The maximum atomic E-state index is 12.0. The lowest BCUT2D eigenvalue weighted by atomic mass is 10.2. The zero-order valence-corrected chi connectivity index (χ0v) is 12.7. The van der Waals surface area contributed by atoms with Gasteiger partial charge in [-0.25, -0.2) is 4.79 Å². The number of nitrogens with one attached hydrogen (secondary N) is 4. The molecule has 2 aromatic rings. The van der Waals surface area contributed by atoms with Crippen LogP contribution in [-0.4, -0.2) is 6.03 Å². The van der Waals surface area contributed by atoms with E-state index in [0.29, 0.717) is 22.2 Å². The largest absolute Gasteiger partial charge is 0.341 e. The molecule has 1 aliphatic heterocycles. The van der Waals surface area contributed by atoms with E-state index in [-0.39, 0.29) is 6.03 Å². The van der Waals surface area contributed by atoms with Crippen LogP contribution in [0, 0.1) is 6.92 Å². The molecule has 22 heavy (non-hydrogen) atoms. The highest BCUT2D eigenvalue weighted by Gasteiger charge is 2.13. The molecule has 6 heteroatoms. The Bertz CT molecular complexity index is 773. The molecular weight excluding hydrogens is 300 g/mol. The van der Waals surface area contributed by atoms with Gasteiger partial charge in [0.1, 0.15) is 5.82 Å². The monoisotopic (exact) mass is 314 g/mol. The van der Waals surface area contributed by atoms with Crippen LogP contribution in [0.3, 0.4) is 0 Å². The molecule has 2 aromatic carbocycles. The predicted octanol–water partition coefficient (Wildman–Crippen LogP) is 4.60. The number of rotatable bonds is 2. The van der Waals surface area contributed by atoms with E-state index in [9.17, 15) is 4.79 Å². The summed E-state index contributed by atoms with van der Waals surface area (Å²) in [6.45, 7) is 5.70. The van der Waals surface area contributed by atoms with Crippen LogP contribution in [0.25, 0.3) is 0 Å². The van der Waals surface area contributed by atoms with Crippen molar-refractivity contribution in [2.45, 2.75) is 6.92 Å². The first kappa shape index (κ1) is 14.3. The van der Waals surface area contributed by atoms with Gasteiger partial charge >= 0.3 is 6.03 Å². The Morgan fingerprint density at radius 3 is 2.41 bits per heavy atom. The number of aryl methyl sites for hydroxylation is 1. The third kappa shape index (κ3) is 2.99. The summed E-state index contributed by atoms with van der Waals surface area (Å²) in [5.41, 5.74) is 4.09. The first-order valence-corrected chi connectivity index (χ1v) is 7.10. The van der Waals surface area contributed by atoms with E-state index >= 15 is 0 Å². The number of carbonyl (C=O) groups is 1. The van der Waals surface area contributed by atoms with Crippen LogP contribution in [0.2, 0.25) is 5.02 Å². The van der Waals surface area contributed by atoms with Crippen molar-refractivity contribution in [2.24, 2.45) is 0 Å². The minimum absolute atomic E-state index is 0.329. The Morgan fingerprint density at radius 2 is 1.68 bits per heavy atom. The van der Waals surface area contributed by atoms with Gasteiger partial charge in [-0.2, -0.15) is 0 Å². The molecule has 0 bridgehead atoms. The zero-order chi connectivity index (χ0) is 15.7. The molecule has 4 N–H and O–H groups in total. The molecule has 1 aliphatic rings. The molecule has 0 radical (unpaired) electrons. The second-order valence-electron chi connectivity index (χ2n) is 5.03. The van der Waals surface area contributed by atoms with Crippen molar-refractivity contribution in [3.8, 4) is 0 Å². The van der Waals surface area contributed by atoms with Crippen molar-refractivity contribution in [3.05, 3.63) is 59.4 Å². The maximum Gasteiger partial charge on any atom is 0.323 e. The van der Waals surface area contributed by atoms with Gasteiger partial charge in [0.25, 0.3) is 0 Å². The van der Waals surface area contributed by atoms with Crippen LogP contribution < -0.4 is 21.3 Å². The van der Waals surface area contributed by atoms with Crippen LogP contribution in [0.15, 0.2) is 48.8 Å². The summed E-state index contributed by atoms with van der Waals surface area (Å²) in [7, 11) is 0. The fraction of sp³-hybridized carbons (Fsp3) is 0.0625. The lowest BCUT2D eigenvalue weighted by molar-refractivity contribution is 0.262. The van der Waals surface area contributed by atoms with E-state index < -0.39 is 0 Å². The first-order chi connectivity index (χ1) is 10.5. The summed E-state index contributed by atoms with van der Waals surface area (Å²) in [6, 6.07) is 10.6. The average molecular weight is 315 g/mol. The second kappa shape index (κ2) is 5.61. The van der Waals surface area contributed by atoms with E-state index in [1.807, 2.05) is 31.2 Å². The Kier molecular flexibility index (Phi) is 3.65. The molecule has 5 nitrogen and oxygen atoms in total. The molecular formula is C16H15ClN4O. The summed E-state index contributed by atoms with van der Waals surface area (Å²) >= 11 is 6.04. The van der Waals surface area contributed by atoms with Crippen molar-refractivity contribution in [1.82, 2.24) is 0 Å². The van der Waals surface area contributed by atoms with Gasteiger partial charge in [0, 0.05) is 16.4 Å². The van der Waals surface area contributed by atoms with Gasteiger partial charge in [0.2, 0.25) is 0 Å². The highest BCUT2D eigenvalue weighted by Crippen LogP contribution is 2.32. The van der Waals surface area contributed by atoms with Crippen molar-refractivity contribution < 1.29 is 4.79 Å². The Morgan fingerprint density at radius 1 is 1.05 bits per heavy atom. The van der Waals surface area contributed by atoms with Crippen LogP contribution in [0.5, 0.6) is 0 Å². The first-order valence-electron chi connectivity index (χ1n) is 6.72. The highest BCUT2D eigenvalue weighted by molar-refractivity contribution is 6.31. The summed E-state index contributed by atoms with van der Waals surface area (Å²) < 4.78 is 0. The molecule has 0 unspecified atom stereocenters. The molecule has 0 aromatic heterocycles. The number of urea groups is 1. The van der Waals surface area contributed by atoms with Crippen LogP contribution in [-0.2, 0) is 0 Å². The molecule has 112 valence electrons. The summed E-state index contributed by atoms with van der Waals surface area (Å²) in [5.74, 6) is 0.714. The number of anilines is 4. The van der Waals surface area contributed by atoms with E-state index in [2.05, 4.69) is 27.8 Å². The smallest absolute Gasteiger partial charge is 0.323 e. The number of carbonyl (C=O) groups excluding carboxylic acids is 1. The normalized spacial score (nSPS) is 12.2. The quantitative estimate of drug-likeness (QED) is 0.655. The minimum Gasteiger partial charge on any atom is -0.341 e. The number of amides is 2. The average Bonchev–Trinajstić information content (AvgIpc) is 2.82. The summed E-state index contributed by atoms with van der Waals surface area (Å²) in [4.78, 5) is 12.0. The maximum absolute atomic E-state index is 12.0. The van der Waals surface area contributed by atoms with E-state index in [0.717, 1.165) is 16.9 Å². The molecule has 3 rings (SSSR count). The van der Waals surface area contributed by atoms with E-state index in [4.69, 9.17) is 11.6 Å². The van der Waals surface area contributed by atoms with E-state index in [1.54, 1.807) is 12.1 Å². The van der Waals surface area contributed by atoms with Gasteiger partial charge in [-0.05, 0) is 42.8 Å². The number of benzene rings is 2. The molecule has 1 heterocycles. The molecule has 0 fully saturated rings. The van der Waals surface area contributed by atoms with Crippen molar-refractivity contribution >= 4 is 40.4 Å². The van der Waals surface area contributed by atoms with Gasteiger partial charge in [-0.1, -0.05) is 24.2 Å². The van der Waals surface area contributed by atoms with Gasteiger partial charge < -0.3 is 21.3 Å². The minimum atomic E-state index is -0.329.